The van der Waals surface area contributed by atoms with Crippen LogP contribution in [0.2, 0.25) is 10.4 Å². The highest BCUT2D eigenvalue weighted by Crippen LogP contribution is 2.16. The molecular formula is C11H9Cl2N5. The van der Waals surface area contributed by atoms with E-state index >= 15 is 0 Å². The minimum Gasteiger partial charge on any atom is -0.261 e. The number of aromatic nitrogens is 3. The molecule has 92 valence electrons. The lowest BCUT2D eigenvalue weighted by Crippen LogP contribution is -1.99. The zero-order valence-electron chi connectivity index (χ0n) is 9.43. The average Bonchev–Trinajstić information content (AvgIpc) is 2.34. The topological polar surface area (TPSA) is 63.1 Å². The number of rotatable bonds is 3. The molecule has 1 N–H and O–H groups in total. The standard InChI is InChI=1S/C11H9Cl2N5/c1-7-8(10(12)17-11(13)16-7)6-15-18-9-4-2-3-5-14-9/h2-6H,1H3,(H,14,18)/b15-6-. The molecule has 2 rings (SSSR count). The van der Waals surface area contributed by atoms with Crippen molar-refractivity contribution in [1.29, 1.82) is 0 Å². The number of pyridine rings is 1. The molecule has 0 radical (unpaired) electrons. The summed E-state index contributed by atoms with van der Waals surface area (Å²) in [6.07, 6.45) is 3.20. The Morgan fingerprint density at radius 2 is 2.11 bits per heavy atom. The fraction of sp³-hybridized carbons (Fsp3) is 0.0909. The number of hydrogen-bond donors (Lipinski definition) is 1. The molecule has 7 heteroatoms. The maximum Gasteiger partial charge on any atom is 0.224 e. The molecule has 0 amide bonds. The number of hydrogen-bond acceptors (Lipinski definition) is 5. The van der Waals surface area contributed by atoms with Crippen LogP contribution >= 0.6 is 23.2 Å². The average molecular weight is 282 g/mol. The second-order valence-corrected chi connectivity index (χ2v) is 4.06. The van der Waals surface area contributed by atoms with Crippen LogP contribution in [0.3, 0.4) is 0 Å². The van der Waals surface area contributed by atoms with Crippen LogP contribution in [0.25, 0.3) is 0 Å². The minimum atomic E-state index is 0.118. The molecule has 0 saturated carbocycles. The van der Waals surface area contributed by atoms with Crippen molar-refractivity contribution in [1.82, 2.24) is 15.0 Å². The highest BCUT2D eigenvalue weighted by atomic mass is 35.5. The van der Waals surface area contributed by atoms with Crippen LogP contribution in [0, 0.1) is 6.92 Å². The van der Waals surface area contributed by atoms with Crippen LogP contribution < -0.4 is 5.43 Å². The third-order valence-electron chi connectivity index (χ3n) is 2.10. The van der Waals surface area contributed by atoms with E-state index in [4.69, 9.17) is 23.2 Å². The van der Waals surface area contributed by atoms with Crippen molar-refractivity contribution in [3.05, 3.63) is 46.1 Å². The smallest absolute Gasteiger partial charge is 0.224 e. The quantitative estimate of drug-likeness (QED) is 0.407. The lowest BCUT2D eigenvalue weighted by Gasteiger charge is -2.02. The van der Waals surface area contributed by atoms with Crippen LogP contribution in [-0.4, -0.2) is 21.2 Å². The van der Waals surface area contributed by atoms with E-state index < -0.39 is 0 Å². The molecule has 2 aromatic heterocycles. The van der Waals surface area contributed by atoms with Gasteiger partial charge in [-0.05, 0) is 30.7 Å². The monoisotopic (exact) mass is 281 g/mol. The van der Waals surface area contributed by atoms with Crippen molar-refractivity contribution in [3.8, 4) is 0 Å². The molecule has 0 aromatic carbocycles. The van der Waals surface area contributed by atoms with E-state index in [1.165, 1.54) is 6.21 Å². The maximum absolute atomic E-state index is 5.95. The highest BCUT2D eigenvalue weighted by Gasteiger charge is 2.06. The molecule has 0 aliphatic carbocycles. The maximum atomic E-state index is 5.95. The lowest BCUT2D eigenvalue weighted by atomic mass is 10.3. The van der Waals surface area contributed by atoms with E-state index in [0.717, 1.165) is 0 Å². The molecule has 0 atom stereocenters. The van der Waals surface area contributed by atoms with E-state index in [0.29, 0.717) is 17.1 Å². The van der Waals surface area contributed by atoms with Crippen molar-refractivity contribution in [2.24, 2.45) is 5.10 Å². The van der Waals surface area contributed by atoms with Gasteiger partial charge in [-0.2, -0.15) is 5.10 Å². The molecular weight excluding hydrogens is 273 g/mol. The van der Waals surface area contributed by atoms with Gasteiger partial charge in [0.1, 0.15) is 11.0 Å². The van der Waals surface area contributed by atoms with Crippen molar-refractivity contribution in [2.45, 2.75) is 6.92 Å². The summed E-state index contributed by atoms with van der Waals surface area (Å²) in [5, 5.41) is 4.40. The van der Waals surface area contributed by atoms with Crippen LogP contribution in [0.1, 0.15) is 11.3 Å². The Bertz CT molecular complexity index is 548. The zero-order valence-corrected chi connectivity index (χ0v) is 10.9. The van der Waals surface area contributed by atoms with Crippen molar-refractivity contribution >= 4 is 35.2 Å². The number of aryl methyl sites for hydroxylation is 1. The third-order valence-corrected chi connectivity index (χ3v) is 2.56. The summed E-state index contributed by atoms with van der Waals surface area (Å²) in [4.78, 5) is 11.9. The van der Waals surface area contributed by atoms with Gasteiger partial charge < -0.3 is 0 Å². The summed E-state index contributed by atoms with van der Waals surface area (Å²) in [7, 11) is 0. The summed E-state index contributed by atoms with van der Waals surface area (Å²) in [5.74, 6) is 0.636. The van der Waals surface area contributed by atoms with Gasteiger partial charge in [0.15, 0.2) is 0 Å². The number of nitrogens with one attached hydrogen (secondary N) is 1. The third kappa shape index (κ3) is 3.15. The summed E-state index contributed by atoms with van der Waals surface area (Å²) in [5.41, 5.74) is 4.05. The van der Waals surface area contributed by atoms with Gasteiger partial charge in [0.05, 0.1) is 17.5 Å². The predicted octanol–water partition coefficient (Wildman–Crippen LogP) is 2.93. The summed E-state index contributed by atoms with van der Waals surface area (Å²) < 4.78 is 0. The first-order valence-corrected chi connectivity index (χ1v) is 5.82. The molecule has 0 fully saturated rings. The highest BCUT2D eigenvalue weighted by molar-refractivity contribution is 6.33. The Balaban J connectivity index is 2.15. The second-order valence-electron chi connectivity index (χ2n) is 3.37. The van der Waals surface area contributed by atoms with E-state index in [1.54, 1.807) is 19.2 Å². The van der Waals surface area contributed by atoms with Gasteiger partial charge in [-0.15, -0.1) is 0 Å². The molecule has 18 heavy (non-hydrogen) atoms. The Hall–Kier alpha value is -1.72. The molecule has 0 aliphatic heterocycles. The van der Waals surface area contributed by atoms with Gasteiger partial charge in [0, 0.05) is 6.20 Å². The Morgan fingerprint density at radius 3 is 2.78 bits per heavy atom. The second kappa shape index (κ2) is 5.75. The zero-order chi connectivity index (χ0) is 13.0. The summed E-state index contributed by atoms with van der Waals surface area (Å²) in [6, 6.07) is 5.47. The molecule has 0 bridgehead atoms. The molecule has 0 aliphatic rings. The van der Waals surface area contributed by atoms with Gasteiger partial charge in [0.2, 0.25) is 5.28 Å². The summed E-state index contributed by atoms with van der Waals surface area (Å²) in [6.45, 7) is 1.78. The van der Waals surface area contributed by atoms with Gasteiger partial charge in [0.25, 0.3) is 0 Å². The molecule has 2 heterocycles. The van der Waals surface area contributed by atoms with Crippen molar-refractivity contribution in [3.63, 3.8) is 0 Å². The van der Waals surface area contributed by atoms with E-state index in [1.807, 2.05) is 12.1 Å². The first-order chi connectivity index (χ1) is 8.66. The number of hydrazone groups is 1. The molecule has 0 spiro atoms. The molecule has 2 aromatic rings. The predicted molar refractivity (Wildman–Crippen MR) is 72.2 cm³/mol. The van der Waals surface area contributed by atoms with E-state index in [2.05, 4.69) is 25.5 Å². The Kier molecular flexibility index (Phi) is 4.07. The van der Waals surface area contributed by atoms with Crippen LogP contribution in [0.4, 0.5) is 5.82 Å². The van der Waals surface area contributed by atoms with E-state index in [-0.39, 0.29) is 10.4 Å². The molecule has 0 unspecified atom stereocenters. The lowest BCUT2D eigenvalue weighted by molar-refractivity contribution is 1.09. The first kappa shape index (κ1) is 12.7. The Labute approximate surface area is 114 Å². The van der Waals surface area contributed by atoms with Crippen molar-refractivity contribution < 1.29 is 0 Å². The number of anilines is 1. The van der Waals surface area contributed by atoms with Gasteiger partial charge >= 0.3 is 0 Å². The fourth-order valence-corrected chi connectivity index (χ4v) is 1.77. The fourth-order valence-electron chi connectivity index (χ4n) is 1.25. The van der Waals surface area contributed by atoms with Crippen LogP contribution in [0.15, 0.2) is 29.5 Å². The number of nitrogens with zero attached hydrogens (tertiary/aromatic N) is 4. The number of halogens is 2. The van der Waals surface area contributed by atoms with Crippen molar-refractivity contribution in [2.75, 3.05) is 5.43 Å². The minimum absolute atomic E-state index is 0.118. The summed E-state index contributed by atoms with van der Waals surface area (Å²) >= 11 is 11.6. The largest absolute Gasteiger partial charge is 0.261 e. The van der Waals surface area contributed by atoms with Gasteiger partial charge in [-0.3, -0.25) is 5.43 Å². The van der Waals surface area contributed by atoms with E-state index in [9.17, 15) is 0 Å². The Morgan fingerprint density at radius 1 is 1.28 bits per heavy atom. The SMILES string of the molecule is Cc1nc(Cl)nc(Cl)c1/C=N\Nc1ccccn1. The normalized spacial score (nSPS) is 10.8. The molecule has 0 saturated heterocycles. The van der Waals surface area contributed by atoms with Crippen LogP contribution in [0.5, 0.6) is 0 Å². The first-order valence-electron chi connectivity index (χ1n) is 5.06. The van der Waals surface area contributed by atoms with Gasteiger partial charge in [-0.25, -0.2) is 15.0 Å². The van der Waals surface area contributed by atoms with Gasteiger partial charge in [-0.1, -0.05) is 17.7 Å². The molecule has 5 nitrogen and oxygen atoms in total. The van der Waals surface area contributed by atoms with Crippen LogP contribution in [-0.2, 0) is 0 Å².